The lowest BCUT2D eigenvalue weighted by Crippen LogP contribution is -2.46. The van der Waals surface area contributed by atoms with Crippen molar-refractivity contribution in [3.63, 3.8) is 0 Å². The first-order valence-corrected chi connectivity index (χ1v) is 11.7. The molecule has 1 amide bonds. The van der Waals surface area contributed by atoms with Gasteiger partial charge in [0.2, 0.25) is 5.91 Å². The van der Waals surface area contributed by atoms with Crippen molar-refractivity contribution in [3.8, 4) is 0 Å². The van der Waals surface area contributed by atoms with E-state index in [4.69, 9.17) is 0 Å². The summed E-state index contributed by atoms with van der Waals surface area (Å²) in [6.45, 7) is 10.3. The van der Waals surface area contributed by atoms with E-state index in [1.165, 1.54) is 17.2 Å². The number of halogens is 1. The fraction of sp³-hybridized carbons (Fsp3) is 0.519. The number of rotatable bonds is 3. The van der Waals surface area contributed by atoms with Crippen molar-refractivity contribution in [1.29, 1.82) is 0 Å². The van der Waals surface area contributed by atoms with Gasteiger partial charge in [-0.15, -0.1) is 0 Å². The fourth-order valence-corrected chi connectivity index (χ4v) is 5.32. The largest absolute Gasteiger partial charge is 0.311 e. The lowest BCUT2D eigenvalue weighted by atomic mass is 9.74. The van der Waals surface area contributed by atoms with Gasteiger partial charge in [-0.1, -0.05) is 45.0 Å². The first kappa shape index (κ1) is 20.7. The SMILES string of the molecule is CC(C)(C)c1ccc(CN2CCC3(CC2)CN(C(=O)C2CC2)c2ccc(F)cc23)cc1. The number of hydrogen-bond donors (Lipinski definition) is 0. The van der Waals surface area contributed by atoms with Gasteiger partial charge in [-0.05, 0) is 79.1 Å². The first-order valence-electron chi connectivity index (χ1n) is 11.7. The minimum Gasteiger partial charge on any atom is -0.311 e. The first-order chi connectivity index (χ1) is 14.7. The molecule has 164 valence electrons. The van der Waals surface area contributed by atoms with E-state index < -0.39 is 0 Å². The maximum absolute atomic E-state index is 14.2. The van der Waals surface area contributed by atoms with Crippen molar-refractivity contribution in [1.82, 2.24) is 4.90 Å². The normalized spacial score (nSPS) is 20.8. The van der Waals surface area contributed by atoms with E-state index in [9.17, 15) is 9.18 Å². The van der Waals surface area contributed by atoms with Crippen LogP contribution >= 0.6 is 0 Å². The molecule has 31 heavy (non-hydrogen) atoms. The van der Waals surface area contributed by atoms with Crippen molar-refractivity contribution in [3.05, 3.63) is 65.0 Å². The highest BCUT2D eigenvalue weighted by atomic mass is 19.1. The van der Waals surface area contributed by atoms with Crippen LogP contribution in [0.15, 0.2) is 42.5 Å². The summed E-state index contributed by atoms with van der Waals surface area (Å²) in [6.07, 6.45) is 3.94. The molecule has 1 spiro atoms. The summed E-state index contributed by atoms with van der Waals surface area (Å²) in [7, 11) is 0. The number of carbonyl (C=O) groups excluding carboxylic acids is 1. The fourth-order valence-electron chi connectivity index (χ4n) is 5.32. The number of nitrogens with zero attached hydrogens (tertiary/aromatic N) is 2. The molecule has 4 heteroatoms. The molecule has 3 aliphatic rings. The van der Waals surface area contributed by atoms with Gasteiger partial charge in [0.15, 0.2) is 0 Å². The van der Waals surface area contributed by atoms with Crippen LogP contribution in [0.5, 0.6) is 0 Å². The minimum absolute atomic E-state index is 0.103. The van der Waals surface area contributed by atoms with Crippen LogP contribution in [0.4, 0.5) is 10.1 Å². The van der Waals surface area contributed by atoms with Crippen LogP contribution in [-0.4, -0.2) is 30.4 Å². The zero-order valence-corrected chi connectivity index (χ0v) is 19.0. The van der Waals surface area contributed by atoms with Crippen LogP contribution in [0.2, 0.25) is 0 Å². The zero-order valence-electron chi connectivity index (χ0n) is 19.0. The number of fused-ring (bicyclic) bond motifs is 2. The van der Waals surface area contributed by atoms with E-state index in [0.717, 1.165) is 63.1 Å². The molecule has 0 N–H and O–H groups in total. The molecular weight excluding hydrogens is 387 g/mol. The standard InChI is InChI=1S/C27H33FN2O/c1-26(2,3)21-8-4-19(5-9-21)17-29-14-12-27(13-15-29)18-30(25(31)20-6-7-20)24-11-10-22(28)16-23(24)27/h4-5,8-11,16,20H,6-7,12-15,17-18H2,1-3H3. The van der Waals surface area contributed by atoms with Crippen LogP contribution in [0.25, 0.3) is 0 Å². The maximum Gasteiger partial charge on any atom is 0.230 e. The molecule has 2 fully saturated rings. The second-order valence-corrected chi connectivity index (χ2v) is 10.9. The Bertz CT molecular complexity index is 979. The highest BCUT2D eigenvalue weighted by Gasteiger charge is 2.48. The number of carbonyl (C=O) groups is 1. The van der Waals surface area contributed by atoms with Crippen LogP contribution < -0.4 is 4.90 Å². The minimum atomic E-state index is -0.194. The van der Waals surface area contributed by atoms with Gasteiger partial charge in [-0.25, -0.2) is 4.39 Å². The molecule has 2 aromatic rings. The van der Waals surface area contributed by atoms with Crippen LogP contribution in [-0.2, 0) is 22.2 Å². The third-order valence-electron chi connectivity index (χ3n) is 7.51. The molecule has 0 unspecified atom stereocenters. The number of piperidine rings is 1. The van der Waals surface area contributed by atoms with Crippen LogP contribution in [0.1, 0.15) is 63.1 Å². The van der Waals surface area contributed by atoms with Crippen molar-refractivity contribution >= 4 is 11.6 Å². The Morgan fingerprint density at radius 2 is 1.74 bits per heavy atom. The van der Waals surface area contributed by atoms with Crippen LogP contribution in [0.3, 0.4) is 0 Å². The van der Waals surface area contributed by atoms with Gasteiger partial charge in [0.25, 0.3) is 0 Å². The van der Waals surface area contributed by atoms with E-state index >= 15 is 0 Å². The summed E-state index contributed by atoms with van der Waals surface area (Å²) in [6, 6.07) is 14.0. The Kier molecular flexibility index (Phi) is 4.97. The van der Waals surface area contributed by atoms with Gasteiger partial charge in [0.1, 0.15) is 5.82 Å². The maximum atomic E-state index is 14.2. The topological polar surface area (TPSA) is 23.6 Å². The second kappa shape index (κ2) is 7.44. The predicted molar refractivity (Wildman–Crippen MR) is 123 cm³/mol. The van der Waals surface area contributed by atoms with Gasteiger partial charge >= 0.3 is 0 Å². The summed E-state index contributed by atoms with van der Waals surface area (Å²) in [4.78, 5) is 17.4. The Hall–Kier alpha value is -2.20. The van der Waals surface area contributed by atoms with Crippen molar-refractivity contribution in [2.45, 2.75) is 63.8 Å². The smallest absolute Gasteiger partial charge is 0.230 e. The molecule has 3 nitrogen and oxygen atoms in total. The van der Waals surface area contributed by atoms with E-state index in [2.05, 4.69) is 49.9 Å². The third-order valence-corrected chi connectivity index (χ3v) is 7.51. The second-order valence-electron chi connectivity index (χ2n) is 10.9. The quantitative estimate of drug-likeness (QED) is 0.663. The third kappa shape index (κ3) is 3.91. The Labute approximate surface area is 185 Å². The van der Waals surface area contributed by atoms with E-state index in [-0.39, 0.29) is 28.5 Å². The Balaban J connectivity index is 1.30. The molecular formula is C27H33FN2O. The number of hydrogen-bond acceptors (Lipinski definition) is 2. The molecule has 1 saturated heterocycles. The molecule has 2 heterocycles. The molecule has 0 bridgehead atoms. The summed E-state index contributed by atoms with van der Waals surface area (Å²) < 4.78 is 14.2. The Morgan fingerprint density at radius 1 is 1.06 bits per heavy atom. The highest BCUT2D eigenvalue weighted by molar-refractivity contribution is 5.99. The molecule has 0 aromatic heterocycles. The average molecular weight is 421 g/mol. The van der Waals surface area contributed by atoms with E-state index in [1.54, 1.807) is 6.07 Å². The monoisotopic (exact) mass is 420 g/mol. The molecule has 1 saturated carbocycles. The summed E-state index contributed by atoms with van der Waals surface area (Å²) in [5.41, 5.74) is 4.77. The lowest BCUT2D eigenvalue weighted by Gasteiger charge is -2.40. The van der Waals surface area contributed by atoms with Crippen molar-refractivity contribution in [2.75, 3.05) is 24.5 Å². The average Bonchev–Trinajstić information content (AvgIpc) is 3.54. The van der Waals surface area contributed by atoms with Gasteiger partial charge in [-0.3, -0.25) is 9.69 Å². The Morgan fingerprint density at radius 3 is 2.35 bits per heavy atom. The predicted octanol–water partition coefficient (Wildman–Crippen LogP) is 5.41. The van der Waals surface area contributed by atoms with Gasteiger partial charge in [-0.2, -0.15) is 0 Å². The van der Waals surface area contributed by atoms with Crippen LogP contribution in [0, 0.1) is 11.7 Å². The van der Waals surface area contributed by atoms with E-state index in [0.29, 0.717) is 0 Å². The number of amides is 1. The number of benzene rings is 2. The summed E-state index contributed by atoms with van der Waals surface area (Å²) >= 11 is 0. The summed E-state index contributed by atoms with van der Waals surface area (Å²) in [5, 5.41) is 0. The van der Waals surface area contributed by atoms with Crippen molar-refractivity contribution < 1.29 is 9.18 Å². The number of anilines is 1. The summed E-state index contributed by atoms with van der Waals surface area (Å²) in [5.74, 6) is 0.232. The van der Waals surface area contributed by atoms with Gasteiger partial charge in [0, 0.05) is 30.1 Å². The highest BCUT2D eigenvalue weighted by Crippen LogP contribution is 2.49. The van der Waals surface area contributed by atoms with E-state index in [1.807, 2.05) is 11.0 Å². The van der Waals surface area contributed by atoms with Gasteiger partial charge < -0.3 is 4.90 Å². The molecule has 2 aromatic carbocycles. The number of likely N-dealkylation sites (tertiary alicyclic amines) is 1. The molecule has 2 aliphatic heterocycles. The molecule has 1 aliphatic carbocycles. The molecule has 5 rings (SSSR count). The lowest BCUT2D eigenvalue weighted by molar-refractivity contribution is -0.119. The molecule has 0 radical (unpaired) electrons. The van der Waals surface area contributed by atoms with Crippen molar-refractivity contribution in [2.24, 2.45) is 5.92 Å². The zero-order chi connectivity index (χ0) is 21.8. The molecule has 0 atom stereocenters. The van der Waals surface area contributed by atoms with Gasteiger partial charge in [0.05, 0.1) is 0 Å².